The standard InChI is InChI=1S/C20H18Cl2O6/c1-10(13-6-11(21)8-15(17(13)25-2)19(23)27-4)14-7-12(22)9-16(18(14)26-3)20(24)28-5/h6-9H,1H2,2-5H3. The van der Waals surface area contributed by atoms with Gasteiger partial charge in [0.2, 0.25) is 0 Å². The molecule has 0 saturated carbocycles. The summed E-state index contributed by atoms with van der Waals surface area (Å²) in [5.41, 5.74) is 1.44. The Morgan fingerprint density at radius 1 is 0.714 bits per heavy atom. The van der Waals surface area contributed by atoms with Crippen molar-refractivity contribution in [3.05, 3.63) is 63.1 Å². The van der Waals surface area contributed by atoms with Gasteiger partial charge in [0.1, 0.15) is 22.6 Å². The molecule has 2 rings (SSSR count). The van der Waals surface area contributed by atoms with Crippen LogP contribution < -0.4 is 9.47 Å². The second-order valence-electron chi connectivity index (χ2n) is 5.53. The Kier molecular flexibility index (Phi) is 6.94. The molecule has 0 aromatic heterocycles. The molecule has 0 aliphatic rings. The Balaban J connectivity index is 2.77. The number of methoxy groups -OCH3 is 4. The van der Waals surface area contributed by atoms with Crippen LogP contribution in [0.5, 0.6) is 11.5 Å². The van der Waals surface area contributed by atoms with Crippen molar-refractivity contribution in [1.29, 1.82) is 0 Å². The molecular formula is C20H18Cl2O6. The summed E-state index contributed by atoms with van der Waals surface area (Å²) in [6, 6.07) is 6.01. The van der Waals surface area contributed by atoms with Crippen LogP contribution in [0.2, 0.25) is 10.0 Å². The molecular weight excluding hydrogens is 407 g/mol. The largest absolute Gasteiger partial charge is 0.495 e. The molecule has 0 unspecified atom stereocenters. The van der Waals surface area contributed by atoms with Gasteiger partial charge in [-0.25, -0.2) is 9.59 Å². The Bertz CT molecular complexity index is 877. The summed E-state index contributed by atoms with van der Waals surface area (Å²) in [5, 5.41) is 0.540. The Morgan fingerprint density at radius 3 is 1.32 bits per heavy atom. The fourth-order valence-electron chi connectivity index (χ4n) is 2.74. The van der Waals surface area contributed by atoms with Crippen LogP contribution in [0.3, 0.4) is 0 Å². The van der Waals surface area contributed by atoms with Gasteiger partial charge in [0, 0.05) is 21.2 Å². The van der Waals surface area contributed by atoms with E-state index >= 15 is 0 Å². The van der Waals surface area contributed by atoms with Gasteiger partial charge in [0.15, 0.2) is 0 Å². The average Bonchev–Trinajstić information content (AvgIpc) is 2.70. The third kappa shape index (κ3) is 4.08. The first-order chi connectivity index (χ1) is 13.3. The third-order valence-electron chi connectivity index (χ3n) is 3.98. The minimum atomic E-state index is -0.623. The number of esters is 2. The van der Waals surface area contributed by atoms with Crippen LogP contribution in [0.4, 0.5) is 0 Å². The molecule has 8 heteroatoms. The van der Waals surface area contributed by atoms with Gasteiger partial charge in [-0.1, -0.05) is 29.8 Å². The lowest BCUT2D eigenvalue weighted by Crippen LogP contribution is -2.08. The number of ether oxygens (including phenoxy) is 4. The van der Waals surface area contributed by atoms with Crippen molar-refractivity contribution in [2.75, 3.05) is 28.4 Å². The van der Waals surface area contributed by atoms with E-state index in [9.17, 15) is 9.59 Å². The number of carbonyl (C=O) groups is 2. The van der Waals surface area contributed by atoms with Crippen LogP contribution >= 0.6 is 23.2 Å². The lowest BCUT2D eigenvalue weighted by Gasteiger charge is -2.18. The lowest BCUT2D eigenvalue weighted by atomic mass is 9.94. The quantitative estimate of drug-likeness (QED) is 0.628. The van der Waals surface area contributed by atoms with Crippen molar-refractivity contribution >= 4 is 40.7 Å². The SMILES string of the molecule is C=C(c1cc(Cl)cc(C(=O)OC)c1OC)c1cc(Cl)cc(C(=O)OC)c1OC. The highest BCUT2D eigenvalue weighted by molar-refractivity contribution is 6.32. The summed E-state index contributed by atoms with van der Waals surface area (Å²) in [6.07, 6.45) is 0. The maximum Gasteiger partial charge on any atom is 0.341 e. The maximum atomic E-state index is 12.1. The van der Waals surface area contributed by atoms with E-state index < -0.39 is 11.9 Å². The predicted molar refractivity (Wildman–Crippen MR) is 107 cm³/mol. The normalized spacial score (nSPS) is 10.2. The second kappa shape index (κ2) is 8.99. The third-order valence-corrected chi connectivity index (χ3v) is 4.41. The number of halogens is 2. The fourth-order valence-corrected chi connectivity index (χ4v) is 3.18. The zero-order valence-corrected chi connectivity index (χ0v) is 17.2. The number of carbonyl (C=O) groups excluding carboxylic acids is 2. The van der Waals surface area contributed by atoms with Crippen molar-refractivity contribution in [3.63, 3.8) is 0 Å². The molecule has 0 atom stereocenters. The first-order valence-corrected chi connectivity index (χ1v) is 8.65. The van der Waals surface area contributed by atoms with Crippen LogP contribution in [-0.4, -0.2) is 40.4 Å². The van der Waals surface area contributed by atoms with Crippen molar-refractivity contribution in [2.24, 2.45) is 0 Å². The number of hydrogen-bond acceptors (Lipinski definition) is 6. The van der Waals surface area contributed by atoms with Crippen molar-refractivity contribution in [2.45, 2.75) is 0 Å². The van der Waals surface area contributed by atoms with E-state index in [4.69, 9.17) is 42.1 Å². The summed E-state index contributed by atoms with van der Waals surface area (Å²) in [4.78, 5) is 24.2. The molecule has 0 aliphatic carbocycles. The van der Waals surface area contributed by atoms with Crippen LogP contribution in [0.25, 0.3) is 5.57 Å². The molecule has 28 heavy (non-hydrogen) atoms. The van der Waals surface area contributed by atoms with Gasteiger partial charge in [-0.05, 0) is 29.8 Å². The molecule has 0 fully saturated rings. The zero-order chi connectivity index (χ0) is 21.0. The van der Waals surface area contributed by atoms with E-state index in [1.54, 1.807) is 12.1 Å². The molecule has 2 aromatic rings. The Morgan fingerprint density at radius 2 is 1.04 bits per heavy atom. The van der Waals surface area contributed by atoms with Crippen LogP contribution in [0, 0.1) is 0 Å². The molecule has 148 valence electrons. The lowest BCUT2D eigenvalue weighted by molar-refractivity contribution is 0.0588. The van der Waals surface area contributed by atoms with Gasteiger partial charge in [-0.15, -0.1) is 0 Å². The molecule has 0 radical (unpaired) electrons. The molecule has 2 aromatic carbocycles. The fraction of sp³-hybridized carbons (Fsp3) is 0.200. The van der Waals surface area contributed by atoms with Crippen molar-refractivity contribution < 1.29 is 28.5 Å². The summed E-state index contributed by atoms with van der Waals surface area (Å²) in [6.45, 7) is 4.07. The summed E-state index contributed by atoms with van der Waals surface area (Å²) < 4.78 is 20.4. The highest BCUT2D eigenvalue weighted by atomic mass is 35.5. The first-order valence-electron chi connectivity index (χ1n) is 7.90. The highest BCUT2D eigenvalue weighted by Crippen LogP contribution is 2.41. The van der Waals surface area contributed by atoms with E-state index in [-0.39, 0.29) is 32.7 Å². The van der Waals surface area contributed by atoms with Gasteiger partial charge >= 0.3 is 11.9 Å². The molecule has 0 N–H and O–H groups in total. The van der Waals surface area contributed by atoms with E-state index in [1.165, 1.54) is 40.6 Å². The topological polar surface area (TPSA) is 71.1 Å². The van der Waals surface area contributed by atoms with Gasteiger partial charge in [-0.3, -0.25) is 0 Å². The Hall–Kier alpha value is -2.70. The second-order valence-corrected chi connectivity index (χ2v) is 6.40. The molecule has 0 aliphatic heterocycles. The molecule has 0 amide bonds. The van der Waals surface area contributed by atoms with Crippen LogP contribution in [0.15, 0.2) is 30.8 Å². The van der Waals surface area contributed by atoms with Gasteiger partial charge in [0.25, 0.3) is 0 Å². The smallest absolute Gasteiger partial charge is 0.341 e. The molecule has 6 nitrogen and oxygen atoms in total. The molecule has 0 spiro atoms. The van der Waals surface area contributed by atoms with E-state index in [0.29, 0.717) is 16.7 Å². The first kappa shape index (κ1) is 21.6. The van der Waals surface area contributed by atoms with Gasteiger partial charge in [-0.2, -0.15) is 0 Å². The molecule has 0 saturated heterocycles. The van der Waals surface area contributed by atoms with E-state index in [2.05, 4.69) is 6.58 Å². The Labute approximate surface area is 172 Å². The molecule has 0 heterocycles. The summed E-state index contributed by atoms with van der Waals surface area (Å²) >= 11 is 12.4. The number of benzene rings is 2. The predicted octanol–water partition coefficient (Wildman–Crippen LogP) is 4.65. The average molecular weight is 425 g/mol. The number of hydrogen-bond donors (Lipinski definition) is 0. The van der Waals surface area contributed by atoms with Gasteiger partial charge in [0.05, 0.1) is 28.4 Å². The van der Waals surface area contributed by atoms with E-state index in [1.807, 2.05) is 0 Å². The summed E-state index contributed by atoms with van der Waals surface area (Å²) in [5.74, 6) is -0.825. The highest BCUT2D eigenvalue weighted by Gasteiger charge is 2.24. The summed E-state index contributed by atoms with van der Waals surface area (Å²) in [7, 11) is 5.31. The van der Waals surface area contributed by atoms with Crippen molar-refractivity contribution in [3.8, 4) is 11.5 Å². The maximum absolute atomic E-state index is 12.1. The van der Waals surface area contributed by atoms with Gasteiger partial charge < -0.3 is 18.9 Å². The van der Waals surface area contributed by atoms with E-state index in [0.717, 1.165) is 0 Å². The van der Waals surface area contributed by atoms with Crippen LogP contribution in [-0.2, 0) is 9.47 Å². The molecule has 0 bridgehead atoms. The zero-order valence-electron chi connectivity index (χ0n) is 15.7. The number of rotatable bonds is 6. The van der Waals surface area contributed by atoms with Crippen LogP contribution in [0.1, 0.15) is 31.8 Å². The minimum Gasteiger partial charge on any atom is -0.495 e. The monoisotopic (exact) mass is 424 g/mol. The minimum absolute atomic E-state index is 0.128. The van der Waals surface area contributed by atoms with Crippen molar-refractivity contribution in [1.82, 2.24) is 0 Å².